The number of hydrogen-bond donors (Lipinski definition) is 0. The van der Waals surface area contributed by atoms with Gasteiger partial charge in [-0.1, -0.05) is 0 Å². The van der Waals surface area contributed by atoms with Crippen LogP contribution in [0.2, 0.25) is 0 Å². The summed E-state index contributed by atoms with van der Waals surface area (Å²) in [5.41, 5.74) is 0. The van der Waals surface area contributed by atoms with E-state index in [2.05, 4.69) is 0 Å². The van der Waals surface area contributed by atoms with Crippen LogP contribution in [0.3, 0.4) is 0 Å². The molecule has 2 aromatic rings. The first-order valence-electron chi connectivity index (χ1n) is 7.21. The molecule has 0 aliphatic heterocycles. The number of benzene rings is 2. The summed E-state index contributed by atoms with van der Waals surface area (Å²) in [7, 11) is 0. The SMILES string of the molecule is FC(F)(F)[C](F)(F)[Ge]([c]1ccccc1)([c]1ccccc1)[C](F)(F)C(F)(F)F. The van der Waals surface area contributed by atoms with Crippen molar-refractivity contribution in [3.8, 4) is 0 Å². The summed E-state index contributed by atoms with van der Waals surface area (Å²) in [4.78, 5) is 0. The zero-order valence-electron chi connectivity index (χ0n) is 13.1. The molecule has 0 nitrogen and oxygen atoms in total. The zero-order valence-corrected chi connectivity index (χ0v) is 15.2. The molecule has 148 valence electrons. The Kier molecular flexibility index (Phi) is 5.37. The molecule has 27 heavy (non-hydrogen) atoms. The van der Waals surface area contributed by atoms with Crippen molar-refractivity contribution in [1.82, 2.24) is 0 Å². The Morgan fingerprint density at radius 3 is 0.926 bits per heavy atom. The summed E-state index contributed by atoms with van der Waals surface area (Å²) in [6.07, 6.45) is -13.2. The molecule has 11 heteroatoms. The van der Waals surface area contributed by atoms with Crippen molar-refractivity contribution in [1.29, 1.82) is 0 Å². The van der Waals surface area contributed by atoms with Crippen molar-refractivity contribution >= 4 is 22.1 Å². The standard InChI is InChI=1S/C16H10F10Ge/c17-13(18,19)15(23,24)27(11-7-3-1-4-8-11,12-9-5-2-6-10-12)16(25,26)14(20,21)22/h1-10H. The summed E-state index contributed by atoms with van der Waals surface area (Å²) in [6.45, 7) is 0. The Bertz CT molecular complexity index is 698. The van der Waals surface area contributed by atoms with Crippen molar-refractivity contribution in [2.45, 2.75) is 21.9 Å². The van der Waals surface area contributed by atoms with Gasteiger partial charge in [0.15, 0.2) is 0 Å². The van der Waals surface area contributed by atoms with Crippen molar-refractivity contribution in [3.05, 3.63) is 60.7 Å². The molecule has 0 atom stereocenters. The van der Waals surface area contributed by atoms with Gasteiger partial charge in [0, 0.05) is 0 Å². The van der Waals surface area contributed by atoms with Gasteiger partial charge in [-0.3, -0.25) is 0 Å². The van der Waals surface area contributed by atoms with Crippen LogP contribution in [0.1, 0.15) is 0 Å². The molecule has 0 spiro atoms. The van der Waals surface area contributed by atoms with Crippen LogP contribution in [-0.2, 0) is 0 Å². The molecule has 0 saturated carbocycles. The molecule has 0 amide bonds. The van der Waals surface area contributed by atoms with Gasteiger partial charge in [0.1, 0.15) is 0 Å². The fourth-order valence-electron chi connectivity index (χ4n) is 2.89. The fraction of sp³-hybridized carbons (Fsp3) is 0.250. The molecule has 0 N–H and O–H groups in total. The van der Waals surface area contributed by atoms with Gasteiger partial charge in [-0.05, 0) is 0 Å². The minimum atomic E-state index is -7.93. The van der Waals surface area contributed by atoms with Crippen LogP contribution < -0.4 is 8.79 Å². The van der Waals surface area contributed by atoms with E-state index in [9.17, 15) is 43.9 Å². The Morgan fingerprint density at radius 2 is 0.704 bits per heavy atom. The maximum atomic E-state index is 14.6. The van der Waals surface area contributed by atoms with E-state index in [4.69, 9.17) is 0 Å². The second kappa shape index (κ2) is 6.71. The van der Waals surface area contributed by atoms with Crippen LogP contribution in [0.5, 0.6) is 0 Å². The molecule has 2 rings (SSSR count). The summed E-state index contributed by atoms with van der Waals surface area (Å²) < 4.78 is 123. The molecule has 0 fully saturated rings. The van der Waals surface area contributed by atoms with Crippen LogP contribution in [0.25, 0.3) is 0 Å². The van der Waals surface area contributed by atoms with Gasteiger partial charge in [0.05, 0.1) is 0 Å². The van der Waals surface area contributed by atoms with E-state index in [0.29, 0.717) is 24.3 Å². The predicted molar refractivity (Wildman–Crippen MR) is 79.9 cm³/mol. The number of rotatable bonds is 4. The van der Waals surface area contributed by atoms with Gasteiger partial charge in [-0.15, -0.1) is 0 Å². The third-order valence-electron chi connectivity index (χ3n) is 4.07. The van der Waals surface area contributed by atoms with Crippen molar-refractivity contribution in [3.63, 3.8) is 0 Å². The third kappa shape index (κ3) is 3.11. The average Bonchev–Trinajstić information content (AvgIpc) is 2.55. The van der Waals surface area contributed by atoms with Gasteiger partial charge in [0.25, 0.3) is 0 Å². The van der Waals surface area contributed by atoms with Crippen LogP contribution >= 0.6 is 0 Å². The van der Waals surface area contributed by atoms with E-state index in [0.717, 1.165) is 36.4 Å². The Balaban J connectivity index is 3.10. The number of hydrogen-bond acceptors (Lipinski definition) is 0. The van der Waals surface area contributed by atoms with Gasteiger partial charge in [0.2, 0.25) is 0 Å². The second-order valence-corrected chi connectivity index (χ2v) is 13.8. The van der Waals surface area contributed by atoms with Gasteiger partial charge in [-0.25, -0.2) is 0 Å². The quantitative estimate of drug-likeness (QED) is 0.453. The molecule has 0 aliphatic carbocycles. The predicted octanol–water partition coefficient (Wildman–Crippen LogP) is 4.72. The molecular weight excluding hydrogens is 455 g/mol. The van der Waals surface area contributed by atoms with Gasteiger partial charge in [-0.2, -0.15) is 0 Å². The van der Waals surface area contributed by atoms with Crippen LogP contribution in [0, 0.1) is 0 Å². The first kappa shape index (κ1) is 21.6. The van der Waals surface area contributed by atoms with Crippen LogP contribution in [0.15, 0.2) is 60.7 Å². The monoisotopic (exact) mass is 466 g/mol. The van der Waals surface area contributed by atoms with E-state index in [-0.39, 0.29) is 0 Å². The molecule has 0 aliphatic rings. The zero-order chi connectivity index (χ0) is 20.7. The minimum absolute atomic E-state index is 0.465. The molecule has 0 saturated heterocycles. The average molecular weight is 465 g/mol. The second-order valence-electron chi connectivity index (χ2n) is 5.63. The van der Waals surface area contributed by atoms with Crippen molar-refractivity contribution in [2.24, 2.45) is 0 Å². The summed E-state index contributed by atoms with van der Waals surface area (Å²) in [5, 5.41) is 0. The molecular formula is C16H10F10Ge. The summed E-state index contributed by atoms with van der Waals surface area (Å²) in [5.74, 6) is 0. The van der Waals surface area contributed by atoms with Crippen molar-refractivity contribution in [2.75, 3.05) is 0 Å². The first-order chi connectivity index (χ1) is 12.2. The van der Waals surface area contributed by atoms with Crippen LogP contribution in [0.4, 0.5) is 43.9 Å². The third-order valence-corrected chi connectivity index (χ3v) is 14.2. The Hall–Kier alpha value is -1.72. The Morgan fingerprint density at radius 1 is 0.444 bits per heavy atom. The van der Waals surface area contributed by atoms with E-state index >= 15 is 0 Å². The maximum absolute atomic E-state index is 14.6. The molecule has 0 radical (unpaired) electrons. The van der Waals surface area contributed by atoms with Gasteiger partial charge < -0.3 is 0 Å². The van der Waals surface area contributed by atoms with Gasteiger partial charge >= 0.3 is 148 Å². The van der Waals surface area contributed by atoms with E-state index in [1.54, 1.807) is 0 Å². The molecule has 0 bridgehead atoms. The molecule has 0 aromatic heterocycles. The van der Waals surface area contributed by atoms with E-state index in [1.165, 1.54) is 0 Å². The summed E-state index contributed by atoms with van der Waals surface area (Å²) in [6, 6.07) is 7.46. The molecule has 0 heterocycles. The number of halogens is 10. The van der Waals surface area contributed by atoms with E-state index < -0.39 is 43.9 Å². The van der Waals surface area contributed by atoms with Crippen molar-refractivity contribution < 1.29 is 43.9 Å². The number of alkyl halides is 10. The van der Waals surface area contributed by atoms with E-state index in [1.807, 2.05) is 0 Å². The Labute approximate surface area is 149 Å². The molecule has 2 aromatic carbocycles. The normalized spacial score (nSPS) is 14.3. The summed E-state index contributed by atoms with van der Waals surface area (Å²) >= 11 is -7.93. The topological polar surface area (TPSA) is 0 Å². The van der Waals surface area contributed by atoms with Crippen LogP contribution in [-0.4, -0.2) is 35.1 Å². The molecule has 0 unspecified atom stereocenters. The first-order valence-corrected chi connectivity index (χ1v) is 11.4. The fourth-order valence-corrected chi connectivity index (χ4v) is 12.1.